The van der Waals surface area contributed by atoms with Gasteiger partial charge in [-0.1, -0.05) is 30.3 Å². The molecule has 0 spiro atoms. The normalized spacial score (nSPS) is 24.1. The second-order valence-corrected chi connectivity index (χ2v) is 11.8. The highest BCUT2D eigenvalue weighted by Gasteiger charge is 2.34. The molecule has 29 heavy (non-hydrogen) atoms. The third-order valence-corrected chi connectivity index (χ3v) is 9.18. The molecule has 9 heteroatoms. The Bertz CT molecular complexity index is 1040. The molecular weight excluding hydrogens is 408 g/mol. The summed E-state index contributed by atoms with van der Waals surface area (Å²) < 4.78 is 35.9. The molecule has 1 aromatic heterocycles. The molecule has 154 valence electrons. The minimum Gasteiger partial charge on any atom is -0.366 e. The highest BCUT2D eigenvalue weighted by molar-refractivity contribution is 7.91. The first-order valence-corrected chi connectivity index (χ1v) is 13.2. The fraction of sp³-hybridized carbons (Fsp3) is 0.500. The lowest BCUT2D eigenvalue weighted by Gasteiger charge is -2.40. The van der Waals surface area contributed by atoms with Gasteiger partial charge in [-0.15, -0.1) is 0 Å². The standard InChI is InChI=1S/C20H24N4O3S2/c25-28-9-6-17-18(28)19(21-16-7-10-29(26,27)11-8-16)23-20(22-17)24-12-15(13-24)14-4-2-1-3-5-14/h1-5,15-16H,6-13H2,(H,21,22,23)/t28-/m1/s1. The van der Waals surface area contributed by atoms with E-state index in [0.717, 1.165) is 18.8 Å². The molecule has 3 aliphatic rings. The maximum absolute atomic E-state index is 12.5. The van der Waals surface area contributed by atoms with Crippen LogP contribution in [0.25, 0.3) is 0 Å². The molecule has 2 saturated heterocycles. The average Bonchev–Trinajstić information content (AvgIpc) is 3.04. The minimum absolute atomic E-state index is 0.0384. The number of anilines is 2. The monoisotopic (exact) mass is 432 g/mol. The lowest BCUT2D eigenvalue weighted by Crippen LogP contribution is -2.46. The van der Waals surface area contributed by atoms with Crippen LogP contribution in [0.4, 0.5) is 11.8 Å². The van der Waals surface area contributed by atoms with E-state index in [9.17, 15) is 12.6 Å². The number of aromatic nitrogens is 2. The molecule has 1 aromatic carbocycles. The molecule has 7 nitrogen and oxygen atoms in total. The summed E-state index contributed by atoms with van der Waals surface area (Å²) in [5.74, 6) is 2.75. The number of benzene rings is 1. The molecule has 0 unspecified atom stereocenters. The lowest BCUT2D eigenvalue weighted by atomic mass is 9.92. The van der Waals surface area contributed by atoms with Crippen LogP contribution in [-0.2, 0) is 27.1 Å². The first-order valence-electron chi connectivity index (χ1n) is 10.0. The average molecular weight is 433 g/mol. The Morgan fingerprint density at radius 1 is 1.07 bits per heavy atom. The molecule has 1 N–H and O–H groups in total. The van der Waals surface area contributed by atoms with Crippen molar-refractivity contribution in [2.24, 2.45) is 0 Å². The molecule has 3 aliphatic heterocycles. The third-order valence-electron chi connectivity index (χ3n) is 6.01. The van der Waals surface area contributed by atoms with Crippen molar-refractivity contribution >= 4 is 32.4 Å². The summed E-state index contributed by atoms with van der Waals surface area (Å²) in [4.78, 5) is 12.3. The van der Waals surface area contributed by atoms with Crippen LogP contribution in [0.5, 0.6) is 0 Å². The van der Waals surface area contributed by atoms with Crippen LogP contribution >= 0.6 is 0 Å². The molecular formula is C20H24N4O3S2. The summed E-state index contributed by atoms with van der Waals surface area (Å²) in [6, 6.07) is 10.5. The van der Waals surface area contributed by atoms with Crippen LogP contribution in [-0.4, -0.2) is 59.0 Å². The van der Waals surface area contributed by atoms with E-state index in [0.29, 0.717) is 47.6 Å². The number of hydrogen-bond donors (Lipinski definition) is 1. The predicted molar refractivity (Wildman–Crippen MR) is 114 cm³/mol. The Labute approximate surface area is 173 Å². The molecule has 2 aromatic rings. The maximum atomic E-state index is 12.5. The Kier molecular flexibility index (Phi) is 4.82. The lowest BCUT2D eigenvalue weighted by molar-refractivity contribution is 0.512. The van der Waals surface area contributed by atoms with E-state index in [2.05, 4.69) is 34.5 Å². The van der Waals surface area contributed by atoms with Gasteiger partial charge in [0, 0.05) is 37.2 Å². The van der Waals surface area contributed by atoms with Crippen molar-refractivity contribution in [1.29, 1.82) is 0 Å². The number of nitrogens with one attached hydrogen (secondary N) is 1. The Morgan fingerprint density at radius 3 is 2.52 bits per heavy atom. The van der Waals surface area contributed by atoms with E-state index < -0.39 is 20.6 Å². The van der Waals surface area contributed by atoms with Crippen LogP contribution in [0.15, 0.2) is 35.2 Å². The van der Waals surface area contributed by atoms with E-state index in [1.54, 1.807) is 0 Å². The van der Waals surface area contributed by atoms with Crippen molar-refractivity contribution in [3.8, 4) is 0 Å². The number of hydrogen-bond acceptors (Lipinski definition) is 7. The van der Waals surface area contributed by atoms with Crippen molar-refractivity contribution in [1.82, 2.24) is 9.97 Å². The Morgan fingerprint density at radius 2 is 1.79 bits per heavy atom. The third kappa shape index (κ3) is 3.77. The van der Waals surface area contributed by atoms with Crippen LogP contribution < -0.4 is 10.2 Å². The molecule has 0 aliphatic carbocycles. The number of fused-ring (bicyclic) bond motifs is 1. The zero-order chi connectivity index (χ0) is 20.0. The van der Waals surface area contributed by atoms with Gasteiger partial charge in [-0.2, -0.15) is 4.98 Å². The van der Waals surface area contributed by atoms with E-state index in [1.807, 2.05) is 6.07 Å². The molecule has 0 saturated carbocycles. The van der Waals surface area contributed by atoms with Crippen LogP contribution in [0.1, 0.15) is 30.0 Å². The van der Waals surface area contributed by atoms with Crippen LogP contribution in [0.3, 0.4) is 0 Å². The van der Waals surface area contributed by atoms with Gasteiger partial charge in [0.05, 0.1) is 28.0 Å². The van der Waals surface area contributed by atoms with Crippen molar-refractivity contribution < 1.29 is 12.6 Å². The molecule has 2 fully saturated rings. The fourth-order valence-corrected chi connectivity index (χ4v) is 7.03. The van der Waals surface area contributed by atoms with Crippen molar-refractivity contribution in [3.63, 3.8) is 0 Å². The smallest absolute Gasteiger partial charge is 0.227 e. The number of rotatable bonds is 4. The van der Waals surface area contributed by atoms with Gasteiger partial charge in [0.25, 0.3) is 0 Å². The SMILES string of the molecule is O=[S@@]1CCc2nc(N3CC(c4ccccc4)C3)nc(NC3CCS(=O)(=O)CC3)c21. The Hall–Kier alpha value is -2.00. The van der Waals surface area contributed by atoms with Crippen LogP contribution in [0, 0.1) is 0 Å². The first-order chi connectivity index (χ1) is 14.0. The summed E-state index contributed by atoms with van der Waals surface area (Å²) in [7, 11) is -4.02. The van der Waals surface area contributed by atoms with E-state index in [-0.39, 0.29) is 17.5 Å². The molecule has 5 rings (SSSR count). The van der Waals surface area contributed by atoms with Crippen molar-refractivity contribution in [2.75, 3.05) is 40.6 Å². The summed E-state index contributed by atoms with van der Waals surface area (Å²) in [6.07, 6.45) is 1.81. The number of sulfone groups is 1. The zero-order valence-electron chi connectivity index (χ0n) is 16.1. The van der Waals surface area contributed by atoms with Gasteiger partial charge in [-0.05, 0) is 18.4 Å². The fourth-order valence-electron chi connectivity index (χ4n) is 4.23. The zero-order valence-corrected chi connectivity index (χ0v) is 17.7. The van der Waals surface area contributed by atoms with Gasteiger partial charge in [0.1, 0.15) is 20.6 Å². The van der Waals surface area contributed by atoms with Gasteiger partial charge in [-0.25, -0.2) is 13.4 Å². The summed E-state index contributed by atoms with van der Waals surface area (Å²) in [5, 5.41) is 3.40. The van der Waals surface area contributed by atoms with E-state index >= 15 is 0 Å². The summed E-state index contributed by atoms with van der Waals surface area (Å²) in [5.41, 5.74) is 2.19. The quantitative estimate of drug-likeness (QED) is 0.787. The van der Waals surface area contributed by atoms with Gasteiger partial charge in [0.15, 0.2) is 0 Å². The second kappa shape index (κ2) is 7.36. The van der Waals surface area contributed by atoms with Crippen LogP contribution in [0.2, 0.25) is 0 Å². The van der Waals surface area contributed by atoms with E-state index in [4.69, 9.17) is 9.97 Å². The highest BCUT2D eigenvalue weighted by Crippen LogP contribution is 2.35. The first kappa shape index (κ1) is 19.0. The minimum atomic E-state index is -2.92. The summed E-state index contributed by atoms with van der Waals surface area (Å²) >= 11 is 0. The molecule has 0 radical (unpaired) electrons. The number of nitrogens with zero attached hydrogens (tertiary/aromatic N) is 3. The van der Waals surface area contributed by atoms with Crippen molar-refractivity contribution in [3.05, 3.63) is 41.6 Å². The molecule has 4 heterocycles. The largest absolute Gasteiger partial charge is 0.366 e. The summed E-state index contributed by atoms with van der Waals surface area (Å²) in [6.45, 7) is 1.74. The second-order valence-electron chi connectivity index (χ2n) is 8.03. The molecule has 0 bridgehead atoms. The topological polar surface area (TPSA) is 92.3 Å². The van der Waals surface area contributed by atoms with Gasteiger partial charge >= 0.3 is 0 Å². The van der Waals surface area contributed by atoms with Gasteiger partial charge < -0.3 is 10.2 Å². The van der Waals surface area contributed by atoms with Gasteiger partial charge in [-0.3, -0.25) is 4.21 Å². The predicted octanol–water partition coefficient (Wildman–Crippen LogP) is 1.73. The Balaban J connectivity index is 1.36. The number of aryl methyl sites for hydroxylation is 1. The van der Waals surface area contributed by atoms with Gasteiger partial charge in [0.2, 0.25) is 5.95 Å². The molecule has 1 atom stereocenters. The molecule has 0 amide bonds. The highest BCUT2D eigenvalue weighted by atomic mass is 32.2. The van der Waals surface area contributed by atoms with Crippen molar-refractivity contribution in [2.45, 2.75) is 36.1 Å². The maximum Gasteiger partial charge on any atom is 0.227 e. The van der Waals surface area contributed by atoms with E-state index in [1.165, 1.54) is 5.56 Å².